The molecule has 0 bridgehead atoms. The van der Waals surface area contributed by atoms with Crippen molar-refractivity contribution in [3.63, 3.8) is 0 Å². The van der Waals surface area contributed by atoms with Crippen LogP contribution in [0.4, 0.5) is 10.1 Å². The van der Waals surface area contributed by atoms with Gasteiger partial charge in [-0.3, -0.25) is 0 Å². The van der Waals surface area contributed by atoms with Gasteiger partial charge in [0.15, 0.2) is 17.4 Å². The van der Waals surface area contributed by atoms with Crippen LogP contribution in [0.5, 0.6) is 5.75 Å². The van der Waals surface area contributed by atoms with E-state index in [1.807, 2.05) is 0 Å². The molecule has 5 nitrogen and oxygen atoms in total. The normalized spacial score (nSPS) is 11.6. The number of anilines is 1. The second-order valence-corrected chi connectivity index (χ2v) is 6.56. The van der Waals surface area contributed by atoms with Crippen molar-refractivity contribution in [3.05, 3.63) is 90.0 Å². The predicted molar refractivity (Wildman–Crippen MR) is 111 cm³/mol. The van der Waals surface area contributed by atoms with E-state index in [0.29, 0.717) is 17.0 Å². The van der Waals surface area contributed by atoms with E-state index < -0.39 is 5.82 Å². The van der Waals surface area contributed by atoms with E-state index in [-0.39, 0.29) is 28.6 Å². The van der Waals surface area contributed by atoms with Crippen molar-refractivity contribution in [2.24, 2.45) is 0 Å². The lowest BCUT2D eigenvalue weighted by Gasteiger charge is -2.17. The van der Waals surface area contributed by atoms with Crippen LogP contribution in [0.2, 0.25) is 0 Å². The topological polar surface area (TPSA) is 68.4 Å². The highest BCUT2D eigenvalue weighted by atomic mass is 32.1. The van der Waals surface area contributed by atoms with Gasteiger partial charge < -0.3 is 20.3 Å². The van der Waals surface area contributed by atoms with Crippen molar-refractivity contribution in [2.45, 2.75) is 6.61 Å². The molecule has 3 aromatic rings. The third kappa shape index (κ3) is 4.96. The minimum Gasteiger partial charge on any atom is -0.867 e. The van der Waals surface area contributed by atoms with Crippen molar-refractivity contribution in [3.8, 4) is 5.75 Å². The van der Waals surface area contributed by atoms with Crippen LogP contribution in [0.3, 0.4) is 0 Å². The Hall–Kier alpha value is -3.29. The predicted octanol–water partition coefficient (Wildman–Crippen LogP) is 2.74. The minimum absolute atomic E-state index is 0.171. The standard InChI is InChI=1S/C22H19FN2O3S/c1-28-19-6-2-5-18(12-19)24-22(29)20(25-11-3-4-15(13-25)14-26)21(27)16-7-9-17(23)10-8-16/h2-13,26H,14H2,1H3,(H-,24,27,29). The number of pyridine rings is 1. The Morgan fingerprint density at radius 2 is 1.93 bits per heavy atom. The van der Waals surface area contributed by atoms with Crippen molar-refractivity contribution in [1.82, 2.24) is 0 Å². The van der Waals surface area contributed by atoms with E-state index in [1.165, 1.54) is 24.3 Å². The Kier molecular flexibility index (Phi) is 6.54. The number of nitrogens with one attached hydrogen (secondary N) is 1. The first-order valence-corrected chi connectivity index (χ1v) is 9.16. The van der Waals surface area contributed by atoms with Crippen molar-refractivity contribution >= 4 is 34.3 Å². The third-order valence-corrected chi connectivity index (χ3v) is 4.46. The molecule has 0 amide bonds. The summed E-state index contributed by atoms with van der Waals surface area (Å²) < 4.78 is 20.1. The molecule has 148 valence electrons. The van der Waals surface area contributed by atoms with Crippen LogP contribution in [0.25, 0.3) is 11.5 Å². The summed E-state index contributed by atoms with van der Waals surface area (Å²) in [6.45, 7) is -0.186. The van der Waals surface area contributed by atoms with Gasteiger partial charge in [0, 0.05) is 23.4 Å². The van der Waals surface area contributed by atoms with Crippen LogP contribution in [0.1, 0.15) is 11.1 Å². The first-order valence-electron chi connectivity index (χ1n) is 8.76. The van der Waals surface area contributed by atoms with Crippen LogP contribution in [0.15, 0.2) is 73.1 Å². The molecule has 0 spiro atoms. The molecular formula is C22H19FN2O3S. The monoisotopic (exact) mass is 410 g/mol. The number of nitrogens with zero attached hydrogens (tertiary/aromatic N) is 1. The lowest BCUT2D eigenvalue weighted by atomic mass is 10.1. The zero-order valence-electron chi connectivity index (χ0n) is 15.6. The number of rotatable bonds is 6. The average Bonchev–Trinajstić information content (AvgIpc) is 2.74. The highest BCUT2D eigenvalue weighted by molar-refractivity contribution is 7.81. The summed E-state index contributed by atoms with van der Waals surface area (Å²) in [4.78, 5) is 0.174. The molecule has 0 aliphatic heterocycles. The van der Waals surface area contributed by atoms with E-state index in [2.05, 4.69) is 5.32 Å². The summed E-state index contributed by atoms with van der Waals surface area (Å²) in [6, 6.07) is 15.8. The molecule has 0 aliphatic rings. The highest BCUT2D eigenvalue weighted by Gasteiger charge is 2.20. The summed E-state index contributed by atoms with van der Waals surface area (Å²) in [5, 5.41) is 25.7. The lowest BCUT2D eigenvalue weighted by Crippen LogP contribution is -2.40. The first-order chi connectivity index (χ1) is 14.0. The maximum absolute atomic E-state index is 13.3. The fourth-order valence-corrected chi connectivity index (χ4v) is 3.04. The zero-order valence-corrected chi connectivity index (χ0v) is 16.4. The van der Waals surface area contributed by atoms with E-state index in [9.17, 15) is 14.6 Å². The fourth-order valence-electron chi connectivity index (χ4n) is 2.72. The van der Waals surface area contributed by atoms with Crippen LogP contribution >= 0.6 is 12.2 Å². The second-order valence-electron chi connectivity index (χ2n) is 6.15. The first kappa shape index (κ1) is 20.4. The van der Waals surface area contributed by atoms with E-state index in [1.54, 1.807) is 60.5 Å². The van der Waals surface area contributed by atoms with E-state index in [0.717, 1.165) is 0 Å². The van der Waals surface area contributed by atoms with Gasteiger partial charge in [0.2, 0.25) is 5.70 Å². The van der Waals surface area contributed by atoms with Gasteiger partial charge in [0.25, 0.3) is 0 Å². The molecule has 0 saturated carbocycles. The van der Waals surface area contributed by atoms with Crippen molar-refractivity contribution < 1.29 is 23.9 Å². The molecule has 0 aliphatic carbocycles. The molecule has 0 unspecified atom stereocenters. The number of thiocarbonyl (C=S) groups is 1. The Morgan fingerprint density at radius 3 is 2.62 bits per heavy atom. The van der Waals surface area contributed by atoms with Gasteiger partial charge in [-0.2, -0.15) is 4.57 Å². The van der Waals surface area contributed by atoms with Gasteiger partial charge in [0.05, 0.1) is 13.7 Å². The molecule has 1 heterocycles. The highest BCUT2D eigenvalue weighted by Crippen LogP contribution is 2.20. The van der Waals surface area contributed by atoms with Crippen LogP contribution < -0.4 is 19.7 Å². The van der Waals surface area contributed by atoms with Crippen LogP contribution in [-0.4, -0.2) is 17.2 Å². The number of hydrogen-bond acceptors (Lipinski definition) is 4. The number of methoxy groups -OCH3 is 1. The molecule has 1 aromatic heterocycles. The molecule has 2 N–H and O–H groups in total. The number of aliphatic hydroxyl groups excluding tert-OH is 1. The smallest absolute Gasteiger partial charge is 0.238 e. The van der Waals surface area contributed by atoms with Crippen LogP contribution in [0, 0.1) is 5.82 Å². The van der Waals surface area contributed by atoms with E-state index in [4.69, 9.17) is 17.0 Å². The van der Waals surface area contributed by atoms with Gasteiger partial charge in [-0.1, -0.05) is 30.4 Å². The summed E-state index contributed by atoms with van der Waals surface area (Å²) in [7, 11) is 1.56. The fraction of sp³-hybridized carbons (Fsp3) is 0.0909. The SMILES string of the molecule is COc1cccc(NC(=S)C(=C([O-])c2ccc(F)cc2)[n+]2cccc(CO)c2)c1. The number of aliphatic hydroxyl groups is 1. The van der Waals surface area contributed by atoms with Gasteiger partial charge in [0.1, 0.15) is 11.6 Å². The number of halogens is 1. The number of benzene rings is 2. The quantitative estimate of drug-likeness (QED) is 0.283. The lowest BCUT2D eigenvalue weighted by molar-refractivity contribution is -0.578. The molecule has 0 fully saturated rings. The molecule has 2 aromatic carbocycles. The molecule has 0 atom stereocenters. The van der Waals surface area contributed by atoms with Gasteiger partial charge >= 0.3 is 0 Å². The maximum Gasteiger partial charge on any atom is 0.238 e. The summed E-state index contributed by atoms with van der Waals surface area (Å²) in [5.74, 6) is -0.181. The third-order valence-electron chi connectivity index (χ3n) is 4.17. The minimum atomic E-state index is -0.435. The summed E-state index contributed by atoms with van der Waals surface area (Å²) >= 11 is 5.53. The number of ether oxygens (including phenoxy) is 1. The van der Waals surface area contributed by atoms with Crippen molar-refractivity contribution in [1.29, 1.82) is 0 Å². The van der Waals surface area contributed by atoms with E-state index >= 15 is 0 Å². The average molecular weight is 410 g/mol. The molecular weight excluding hydrogens is 391 g/mol. The summed E-state index contributed by atoms with van der Waals surface area (Å²) in [6.07, 6.45) is 3.28. The van der Waals surface area contributed by atoms with Gasteiger partial charge in [-0.05, 0) is 41.7 Å². The number of aromatic nitrogens is 1. The van der Waals surface area contributed by atoms with Crippen molar-refractivity contribution in [2.75, 3.05) is 12.4 Å². The Labute approximate surface area is 173 Å². The maximum atomic E-state index is 13.3. The molecule has 7 heteroatoms. The molecule has 0 radical (unpaired) electrons. The van der Waals surface area contributed by atoms with Gasteiger partial charge in [-0.15, -0.1) is 0 Å². The summed E-state index contributed by atoms with van der Waals surface area (Å²) in [5.41, 5.74) is 1.72. The molecule has 0 saturated heterocycles. The second kappa shape index (κ2) is 9.27. The van der Waals surface area contributed by atoms with Crippen LogP contribution in [-0.2, 0) is 6.61 Å². The Balaban J connectivity index is 2.07. The molecule has 29 heavy (non-hydrogen) atoms. The zero-order chi connectivity index (χ0) is 20.8. The Morgan fingerprint density at radius 1 is 1.17 bits per heavy atom. The molecule has 3 rings (SSSR count). The number of hydrogen-bond donors (Lipinski definition) is 2. The van der Waals surface area contributed by atoms with Gasteiger partial charge in [-0.25, -0.2) is 4.39 Å². The largest absolute Gasteiger partial charge is 0.867 e. The Bertz CT molecular complexity index is 1050.